The van der Waals surface area contributed by atoms with Crippen LogP contribution >= 0.6 is 0 Å². The van der Waals surface area contributed by atoms with Crippen LogP contribution in [0.1, 0.15) is 11.1 Å². The smallest absolute Gasteiger partial charge is 0.0149 e. The molecule has 0 unspecified atom stereocenters. The molecule has 0 heteroatoms. The second-order valence-electron chi connectivity index (χ2n) is 4.46. The van der Waals surface area contributed by atoms with Gasteiger partial charge in [0, 0.05) is 0 Å². The minimum atomic E-state index is 1.09. The molecule has 0 saturated heterocycles. The van der Waals surface area contributed by atoms with Crippen LogP contribution in [0.15, 0.2) is 79.9 Å². The molecule has 0 aliphatic heterocycles. The number of rotatable bonds is 4. The summed E-state index contributed by atoms with van der Waals surface area (Å²) in [6.07, 6.45) is 5.63. The van der Waals surface area contributed by atoms with E-state index in [1.165, 1.54) is 22.3 Å². The molecule has 0 atom stereocenters. The van der Waals surface area contributed by atoms with E-state index in [4.69, 9.17) is 0 Å². The van der Waals surface area contributed by atoms with Crippen LogP contribution in [0.5, 0.6) is 0 Å². The maximum Gasteiger partial charge on any atom is -0.0149 e. The average Bonchev–Trinajstić information content (AvgIpc) is 2.46. The zero-order chi connectivity index (χ0) is 13.7. The van der Waals surface area contributed by atoms with Crippen LogP contribution in [0.2, 0.25) is 0 Å². The second-order valence-corrected chi connectivity index (χ2v) is 4.46. The van der Waals surface area contributed by atoms with Gasteiger partial charge in [0.2, 0.25) is 0 Å². The highest BCUT2D eigenvalue weighted by atomic mass is 14.1. The largest absolute Gasteiger partial charge is 0.0990 e. The van der Waals surface area contributed by atoms with Gasteiger partial charge in [-0.05, 0) is 40.8 Å². The third kappa shape index (κ3) is 2.92. The fourth-order valence-electron chi connectivity index (χ4n) is 2.14. The topological polar surface area (TPSA) is 0 Å². The van der Waals surface area contributed by atoms with Crippen molar-refractivity contribution in [3.05, 3.63) is 91.0 Å². The van der Waals surface area contributed by atoms with Gasteiger partial charge in [-0.25, -0.2) is 0 Å². The second kappa shape index (κ2) is 6.01. The van der Waals surface area contributed by atoms with E-state index in [-0.39, 0.29) is 0 Å². The van der Waals surface area contributed by atoms with E-state index in [2.05, 4.69) is 62.5 Å². The first kappa shape index (κ1) is 13.1. The lowest BCUT2D eigenvalue weighted by Gasteiger charge is -2.10. The molecule has 0 aliphatic carbocycles. The fourth-order valence-corrected chi connectivity index (χ4v) is 2.14. The third-order valence-electron chi connectivity index (χ3n) is 3.17. The molecule has 2 aromatic carbocycles. The highest BCUT2D eigenvalue weighted by Gasteiger charge is 2.04. The van der Waals surface area contributed by atoms with Crippen LogP contribution in [-0.4, -0.2) is 0 Å². The molecule has 0 amide bonds. The molecular formula is C19H18. The average molecular weight is 246 g/mol. The lowest BCUT2D eigenvalue weighted by molar-refractivity contribution is 1.44. The summed E-state index contributed by atoms with van der Waals surface area (Å²) in [7, 11) is 0. The molecular weight excluding hydrogens is 228 g/mol. The maximum atomic E-state index is 3.86. The fraction of sp³-hybridized carbons (Fsp3) is 0.0526. The number of aryl methyl sites for hydroxylation is 1. The monoisotopic (exact) mass is 246 g/mol. The number of hydrogen-bond acceptors (Lipinski definition) is 0. The molecule has 0 aliphatic rings. The number of benzene rings is 2. The molecule has 94 valence electrons. The van der Waals surface area contributed by atoms with Crippen molar-refractivity contribution in [1.29, 1.82) is 0 Å². The van der Waals surface area contributed by atoms with Gasteiger partial charge in [-0.3, -0.25) is 0 Å². The molecule has 0 aromatic heterocycles. The summed E-state index contributed by atoms with van der Waals surface area (Å²) in [5.41, 5.74) is 6.03. The summed E-state index contributed by atoms with van der Waals surface area (Å²) in [6.45, 7) is 9.75. The van der Waals surface area contributed by atoms with Crippen LogP contribution in [0.4, 0.5) is 0 Å². The molecule has 0 saturated carbocycles. The molecule has 0 fully saturated rings. The van der Waals surface area contributed by atoms with Crippen molar-refractivity contribution < 1.29 is 0 Å². The summed E-state index contributed by atoms with van der Waals surface area (Å²) >= 11 is 0. The van der Waals surface area contributed by atoms with Crippen LogP contribution in [0.25, 0.3) is 16.7 Å². The molecule has 19 heavy (non-hydrogen) atoms. The Labute approximate surface area is 115 Å². The van der Waals surface area contributed by atoms with Crippen molar-refractivity contribution in [1.82, 2.24) is 0 Å². The van der Waals surface area contributed by atoms with Gasteiger partial charge in [-0.1, -0.05) is 73.9 Å². The van der Waals surface area contributed by atoms with E-state index < -0.39 is 0 Å². The molecule has 0 nitrogen and oxygen atoms in total. The van der Waals surface area contributed by atoms with Crippen LogP contribution in [-0.2, 0) is 0 Å². The highest BCUT2D eigenvalue weighted by molar-refractivity contribution is 5.79. The molecule has 0 radical (unpaired) electrons. The molecule has 0 heterocycles. The summed E-state index contributed by atoms with van der Waals surface area (Å²) in [4.78, 5) is 0. The lowest BCUT2D eigenvalue weighted by atomic mass is 9.95. The Morgan fingerprint density at radius 2 is 1.74 bits per heavy atom. The van der Waals surface area contributed by atoms with Crippen molar-refractivity contribution in [3.8, 4) is 11.1 Å². The maximum absolute atomic E-state index is 3.86. The van der Waals surface area contributed by atoms with E-state index in [0.29, 0.717) is 0 Å². The minimum absolute atomic E-state index is 1.09. The molecule has 0 spiro atoms. The van der Waals surface area contributed by atoms with Crippen LogP contribution in [0, 0.1) is 6.92 Å². The third-order valence-corrected chi connectivity index (χ3v) is 3.17. The van der Waals surface area contributed by atoms with Crippen LogP contribution in [0.3, 0.4) is 0 Å². The van der Waals surface area contributed by atoms with E-state index >= 15 is 0 Å². The van der Waals surface area contributed by atoms with E-state index in [0.717, 1.165) is 5.57 Å². The molecule has 2 rings (SSSR count). The summed E-state index contributed by atoms with van der Waals surface area (Å²) in [5, 5.41) is 0. The van der Waals surface area contributed by atoms with Gasteiger partial charge in [-0.2, -0.15) is 0 Å². The van der Waals surface area contributed by atoms with Gasteiger partial charge in [0.05, 0.1) is 0 Å². The van der Waals surface area contributed by atoms with Crippen LogP contribution < -0.4 is 0 Å². The molecule has 2 aromatic rings. The quantitative estimate of drug-likeness (QED) is 0.632. The Kier molecular flexibility index (Phi) is 4.15. The van der Waals surface area contributed by atoms with Crippen molar-refractivity contribution in [2.45, 2.75) is 6.92 Å². The Balaban J connectivity index is 2.55. The zero-order valence-electron chi connectivity index (χ0n) is 11.3. The van der Waals surface area contributed by atoms with E-state index in [9.17, 15) is 0 Å². The van der Waals surface area contributed by atoms with Crippen molar-refractivity contribution in [2.75, 3.05) is 0 Å². The van der Waals surface area contributed by atoms with Gasteiger partial charge in [0.25, 0.3) is 0 Å². The first-order chi connectivity index (χ1) is 9.26. The molecule has 0 N–H and O–H groups in total. The van der Waals surface area contributed by atoms with Crippen molar-refractivity contribution in [2.24, 2.45) is 0 Å². The minimum Gasteiger partial charge on any atom is -0.0990 e. The SMILES string of the molecule is C=C/C=C(\C=C)c1ccc(C)c(-c2ccccc2)c1. The van der Waals surface area contributed by atoms with Gasteiger partial charge in [0.15, 0.2) is 0 Å². The van der Waals surface area contributed by atoms with E-state index in [1.54, 1.807) is 6.08 Å². The number of allylic oxidation sites excluding steroid dienone is 4. The summed E-state index contributed by atoms with van der Waals surface area (Å²) < 4.78 is 0. The Hall–Kier alpha value is -2.34. The van der Waals surface area contributed by atoms with Crippen molar-refractivity contribution >= 4 is 5.57 Å². The zero-order valence-corrected chi connectivity index (χ0v) is 11.3. The highest BCUT2D eigenvalue weighted by Crippen LogP contribution is 2.27. The summed E-state index contributed by atoms with van der Waals surface area (Å²) in [5.74, 6) is 0. The standard InChI is InChI=1S/C19H18/c1-4-9-16(5-2)18-13-12-15(3)19(14-18)17-10-7-6-8-11-17/h4-14H,1-2H2,3H3/b16-9+. The first-order valence-corrected chi connectivity index (χ1v) is 6.38. The number of hydrogen-bond donors (Lipinski definition) is 0. The Morgan fingerprint density at radius 3 is 2.37 bits per heavy atom. The first-order valence-electron chi connectivity index (χ1n) is 6.38. The van der Waals surface area contributed by atoms with Gasteiger partial charge < -0.3 is 0 Å². The predicted octanol–water partition coefficient (Wildman–Crippen LogP) is 5.42. The lowest BCUT2D eigenvalue weighted by Crippen LogP contribution is -1.87. The van der Waals surface area contributed by atoms with Gasteiger partial charge in [-0.15, -0.1) is 0 Å². The Bertz CT molecular complexity index is 616. The van der Waals surface area contributed by atoms with Crippen molar-refractivity contribution in [3.63, 3.8) is 0 Å². The Morgan fingerprint density at radius 1 is 1.00 bits per heavy atom. The van der Waals surface area contributed by atoms with Gasteiger partial charge in [0.1, 0.15) is 0 Å². The van der Waals surface area contributed by atoms with E-state index in [1.807, 2.05) is 18.2 Å². The predicted molar refractivity (Wildman–Crippen MR) is 85.0 cm³/mol. The van der Waals surface area contributed by atoms with Gasteiger partial charge >= 0.3 is 0 Å². The summed E-state index contributed by atoms with van der Waals surface area (Å²) in [6, 6.07) is 16.9. The normalized spacial score (nSPS) is 11.1. The molecule has 0 bridgehead atoms.